The van der Waals surface area contributed by atoms with Gasteiger partial charge < -0.3 is 20.8 Å². The lowest BCUT2D eigenvalue weighted by Crippen LogP contribution is -2.38. The Balaban J connectivity index is 1.97. The van der Waals surface area contributed by atoms with Gasteiger partial charge in [-0.05, 0) is 36.8 Å². The van der Waals surface area contributed by atoms with Gasteiger partial charge in [0, 0.05) is 17.1 Å². The molecule has 2 aromatic rings. The highest BCUT2D eigenvalue weighted by Crippen LogP contribution is 2.25. The van der Waals surface area contributed by atoms with Crippen molar-refractivity contribution < 1.29 is 9.21 Å². The van der Waals surface area contributed by atoms with Crippen LogP contribution in [0.3, 0.4) is 0 Å². The lowest BCUT2D eigenvalue weighted by atomic mass is 10.1. The van der Waals surface area contributed by atoms with Gasteiger partial charge in [-0.2, -0.15) is 0 Å². The average molecular weight is 369 g/mol. The maximum absolute atomic E-state index is 11.0. The Morgan fingerprint density at radius 3 is 2.67 bits per heavy atom. The smallest absolute Gasteiger partial charge is 0.284 e. The molecule has 128 valence electrons. The van der Waals surface area contributed by atoms with Crippen LogP contribution in [0.25, 0.3) is 0 Å². The lowest BCUT2D eigenvalue weighted by Gasteiger charge is -2.19. The minimum Gasteiger partial charge on any atom is -0.454 e. The highest BCUT2D eigenvalue weighted by atomic mass is 35.5. The van der Waals surface area contributed by atoms with Crippen LogP contribution in [0, 0.1) is 0 Å². The summed E-state index contributed by atoms with van der Waals surface area (Å²) in [5, 5.41) is 7.48. The Bertz CT molecular complexity index is 758. The van der Waals surface area contributed by atoms with Crippen molar-refractivity contribution in [2.45, 2.75) is 19.5 Å². The molecule has 1 heterocycles. The summed E-state index contributed by atoms with van der Waals surface area (Å²) in [6.45, 7) is 2.31. The minimum absolute atomic E-state index is 0.0845. The number of nitrogens with zero attached hydrogens (tertiary/aromatic N) is 1. The summed E-state index contributed by atoms with van der Waals surface area (Å²) in [4.78, 5) is 15.2. The number of halogens is 2. The third kappa shape index (κ3) is 4.66. The van der Waals surface area contributed by atoms with Crippen molar-refractivity contribution in [2.75, 3.05) is 7.05 Å². The van der Waals surface area contributed by atoms with Crippen molar-refractivity contribution in [1.29, 1.82) is 0 Å². The first-order valence-electron chi connectivity index (χ1n) is 7.21. The monoisotopic (exact) mass is 368 g/mol. The molecule has 0 saturated carbocycles. The van der Waals surface area contributed by atoms with Gasteiger partial charge in [-0.15, -0.1) is 0 Å². The van der Waals surface area contributed by atoms with Crippen molar-refractivity contribution in [3.8, 4) is 0 Å². The maximum Gasteiger partial charge on any atom is 0.284 e. The van der Waals surface area contributed by atoms with Gasteiger partial charge in [0.05, 0.1) is 12.6 Å². The van der Waals surface area contributed by atoms with Crippen molar-refractivity contribution in [1.82, 2.24) is 10.6 Å². The first-order valence-corrected chi connectivity index (χ1v) is 7.97. The number of nitrogens with one attached hydrogen (secondary N) is 2. The van der Waals surface area contributed by atoms with E-state index in [-0.39, 0.29) is 11.8 Å². The van der Waals surface area contributed by atoms with Crippen molar-refractivity contribution >= 4 is 35.1 Å². The summed E-state index contributed by atoms with van der Waals surface area (Å²) in [6.07, 6.45) is 0. The van der Waals surface area contributed by atoms with Gasteiger partial charge in [-0.25, -0.2) is 0 Å². The summed E-state index contributed by atoms with van der Waals surface area (Å²) < 4.78 is 5.31. The second-order valence-corrected chi connectivity index (χ2v) is 5.93. The number of hydrogen-bond donors (Lipinski definition) is 3. The number of carbonyl (C=O) groups is 1. The van der Waals surface area contributed by atoms with E-state index in [0.29, 0.717) is 28.3 Å². The quantitative estimate of drug-likeness (QED) is 0.558. The lowest BCUT2D eigenvalue weighted by molar-refractivity contribution is 0.0972. The van der Waals surface area contributed by atoms with Gasteiger partial charge in [0.1, 0.15) is 5.76 Å². The molecule has 1 atom stereocenters. The van der Waals surface area contributed by atoms with Crippen molar-refractivity contribution in [3.63, 3.8) is 0 Å². The fraction of sp³-hybridized carbons (Fsp3) is 0.250. The molecule has 0 aliphatic rings. The largest absolute Gasteiger partial charge is 0.454 e. The third-order valence-electron chi connectivity index (χ3n) is 3.34. The van der Waals surface area contributed by atoms with Crippen molar-refractivity contribution in [2.24, 2.45) is 10.7 Å². The molecule has 0 aliphatic carbocycles. The SMILES string of the molecule is CN=C(NCc1ccc(C(N)=O)o1)NC(C)c1ccc(Cl)cc1Cl. The zero-order chi connectivity index (χ0) is 17.7. The molecule has 0 aliphatic heterocycles. The van der Waals surface area contributed by atoms with Crippen LogP contribution in [0.1, 0.15) is 34.8 Å². The Morgan fingerprint density at radius 1 is 1.33 bits per heavy atom. The number of primary amides is 1. The minimum atomic E-state index is -0.602. The Morgan fingerprint density at radius 2 is 2.08 bits per heavy atom. The third-order valence-corrected chi connectivity index (χ3v) is 3.90. The zero-order valence-electron chi connectivity index (χ0n) is 13.3. The van der Waals surface area contributed by atoms with Gasteiger partial charge in [-0.3, -0.25) is 9.79 Å². The number of hydrogen-bond acceptors (Lipinski definition) is 3. The zero-order valence-corrected chi connectivity index (χ0v) is 14.8. The highest BCUT2D eigenvalue weighted by molar-refractivity contribution is 6.35. The van der Waals surface area contributed by atoms with Gasteiger partial charge in [-0.1, -0.05) is 29.3 Å². The Kier molecular flexibility index (Phi) is 6.11. The van der Waals surface area contributed by atoms with Crippen LogP contribution in [0.4, 0.5) is 0 Å². The van der Waals surface area contributed by atoms with E-state index in [0.717, 1.165) is 5.56 Å². The first kappa shape index (κ1) is 18.2. The molecule has 2 rings (SSSR count). The van der Waals surface area contributed by atoms with Gasteiger partial charge in [0.25, 0.3) is 5.91 Å². The first-order chi connectivity index (χ1) is 11.4. The van der Waals surface area contributed by atoms with Crippen LogP contribution in [0.5, 0.6) is 0 Å². The van der Waals surface area contributed by atoms with Gasteiger partial charge in [0.2, 0.25) is 0 Å². The summed E-state index contributed by atoms with van der Waals surface area (Å²) in [5.41, 5.74) is 6.05. The molecule has 0 radical (unpaired) electrons. The predicted octanol–water partition coefficient (Wildman–Crippen LogP) is 3.11. The number of benzene rings is 1. The standard InChI is InChI=1S/C16H18Cl2N4O2/c1-9(12-5-3-10(17)7-13(12)18)22-16(20-2)21-8-11-4-6-14(24-11)15(19)23/h3-7,9H,8H2,1-2H3,(H2,19,23)(H2,20,21,22). The van der Waals surface area contributed by atoms with E-state index in [2.05, 4.69) is 15.6 Å². The molecule has 0 saturated heterocycles. The highest BCUT2D eigenvalue weighted by Gasteiger charge is 2.12. The van der Waals surface area contributed by atoms with E-state index >= 15 is 0 Å². The molecule has 6 nitrogen and oxygen atoms in total. The molecule has 8 heteroatoms. The fourth-order valence-corrected chi connectivity index (χ4v) is 2.68. The van der Waals surface area contributed by atoms with Gasteiger partial charge >= 0.3 is 0 Å². The van der Waals surface area contributed by atoms with E-state index in [9.17, 15) is 4.79 Å². The van der Waals surface area contributed by atoms with E-state index in [4.69, 9.17) is 33.4 Å². The molecule has 0 spiro atoms. The molecule has 24 heavy (non-hydrogen) atoms. The van der Waals surface area contributed by atoms with Crippen LogP contribution >= 0.6 is 23.2 Å². The molecule has 4 N–H and O–H groups in total. The van der Waals surface area contributed by atoms with Crippen LogP contribution in [-0.2, 0) is 6.54 Å². The molecule has 0 bridgehead atoms. The van der Waals surface area contributed by atoms with E-state index in [1.165, 1.54) is 6.07 Å². The van der Waals surface area contributed by atoms with Crippen LogP contribution in [0.15, 0.2) is 39.7 Å². The number of furan rings is 1. The Labute approximate surface area is 150 Å². The van der Waals surface area contributed by atoms with Crippen LogP contribution in [0.2, 0.25) is 10.0 Å². The second kappa shape index (κ2) is 8.08. The molecular weight excluding hydrogens is 351 g/mol. The maximum atomic E-state index is 11.0. The summed E-state index contributed by atoms with van der Waals surface area (Å²) in [5.74, 6) is 0.653. The molecule has 1 amide bonds. The van der Waals surface area contributed by atoms with E-state index in [1.54, 1.807) is 25.2 Å². The van der Waals surface area contributed by atoms with E-state index < -0.39 is 5.91 Å². The van der Waals surface area contributed by atoms with Crippen molar-refractivity contribution in [3.05, 3.63) is 57.5 Å². The number of guanidine groups is 1. The van der Waals surface area contributed by atoms with Gasteiger partial charge in [0.15, 0.2) is 11.7 Å². The number of carbonyl (C=O) groups excluding carboxylic acids is 1. The molecule has 1 aromatic heterocycles. The number of amides is 1. The number of rotatable bonds is 5. The fourth-order valence-electron chi connectivity index (χ4n) is 2.11. The number of aliphatic imine (C=N–C) groups is 1. The predicted molar refractivity (Wildman–Crippen MR) is 95.4 cm³/mol. The molecule has 0 fully saturated rings. The van der Waals surface area contributed by atoms with E-state index in [1.807, 2.05) is 13.0 Å². The Hall–Kier alpha value is -2.18. The molecular formula is C16H18Cl2N4O2. The molecule has 1 aromatic carbocycles. The normalized spacial score (nSPS) is 12.8. The number of nitrogens with two attached hydrogens (primary N) is 1. The van der Waals surface area contributed by atoms with Crippen LogP contribution < -0.4 is 16.4 Å². The summed E-state index contributed by atoms with van der Waals surface area (Å²) in [7, 11) is 1.66. The summed E-state index contributed by atoms with van der Waals surface area (Å²) >= 11 is 12.1. The molecule has 1 unspecified atom stereocenters. The topological polar surface area (TPSA) is 92.6 Å². The summed E-state index contributed by atoms with van der Waals surface area (Å²) in [6, 6.07) is 8.47. The van der Waals surface area contributed by atoms with Crippen LogP contribution in [-0.4, -0.2) is 18.9 Å². The average Bonchev–Trinajstić information content (AvgIpc) is 3.00. The second-order valence-electron chi connectivity index (χ2n) is 5.09.